The average Bonchev–Trinajstić information content (AvgIpc) is 3.10. The van der Waals surface area contributed by atoms with Crippen LogP contribution in [-0.2, 0) is 22.4 Å². The number of aryl methyl sites for hydroxylation is 2. The van der Waals surface area contributed by atoms with E-state index in [1.807, 2.05) is 6.07 Å². The Labute approximate surface area is 166 Å². The van der Waals surface area contributed by atoms with E-state index in [1.54, 1.807) is 30.8 Å². The van der Waals surface area contributed by atoms with E-state index in [1.165, 1.54) is 29.5 Å². The number of carbonyl (C=O) groups excluding carboxylic acids is 1. The molecule has 0 atom stereocenters. The quantitative estimate of drug-likeness (QED) is 0.443. The second-order valence-corrected chi connectivity index (χ2v) is 7.22. The molecule has 3 aromatic rings. The molecule has 0 fully saturated rings. The first-order valence-electron chi connectivity index (χ1n) is 9.01. The molecule has 4 N–H and O–H groups in total. The zero-order chi connectivity index (χ0) is 19.9. The molecule has 0 amide bonds. The van der Waals surface area contributed by atoms with Crippen molar-refractivity contribution >= 4 is 51.6 Å². The molecule has 0 spiro atoms. The van der Waals surface area contributed by atoms with Crippen molar-refractivity contribution in [2.24, 2.45) is 0 Å². The van der Waals surface area contributed by atoms with Gasteiger partial charge in [0.25, 0.3) is 6.47 Å². The highest BCUT2D eigenvalue weighted by Gasteiger charge is 2.20. The fourth-order valence-corrected chi connectivity index (χ4v) is 4.29. The lowest BCUT2D eigenvalue weighted by atomic mass is 9.97. The van der Waals surface area contributed by atoms with E-state index in [0.29, 0.717) is 24.5 Å². The molecule has 3 aromatic heterocycles. The summed E-state index contributed by atoms with van der Waals surface area (Å²) in [6.07, 6.45) is 9.15. The lowest BCUT2D eigenvalue weighted by Crippen LogP contribution is -2.02. The Morgan fingerprint density at radius 2 is 2.14 bits per heavy atom. The van der Waals surface area contributed by atoms with Gasteiger partial charge in [0.1, 0.15) is 22.8 Å². The number of pyridine rings is 1. The van der Waals surface area contributed by atoms with Crippen LogP contribution in [0.4, 0.5) is 17.3 Å². The summed E-state index contributed by atoms with van der Waals surface area (Å²) >= 11 is 1.77. The molecule has 146 valence electrons. The number of nitrogens with one attached hydrogen (secondary N) is 2. The van der Waals surface area contributed by atoms with Crippen LogP contribution < -0.4 is 11.1 Å². The summed E-state index contributed by atoms with van der Waals surface area (Å²) in [6.45, 7) is 2.66. The molecule has 0 unspecified atom stereocenters. The molecule has 3 heterocycles. The van der Waals surface area contributed by atoms with Crippen molar-refractivity contribution in [2.45, 2.75) is 32.6 Å². The minimum Gasteiger partial charge on any atom is -0.468 e. The molecule has 0 bridgehead atoms. The van der Waals surface area contributed by atoms with E-state index in [0.717, 1.165) is 34.6 Å². The standard InChI is InChI=1S/C16H16N6S.C3H6O2/c17-6-9-5-10(7-19-14(9)18)22-15-13-11-3-1-2-4-12(11)23-16(13)21-8-20-15;1-2-5-3-4/h5-8,17H,1-4H2,(H2,18,19)(H,20,21,22);3H,2H2,1H3. The smallest absolute Gasteiger partial charge is 0.293 e. The monoisotopic (exact) mass is 398 g/mol. The first-order valence-corrected chi connectivity index (χ1v) is 9.83. The van der Waals surface area contributed by atoms with Crippen molar-refractivity contribution in [1.29, 1.82) is 5.41 Å². The number of thiophene rings is 1. The number of nitrogens with zero attached hydrogens (tertiary/aromatic N) is 3. The molecule has 0 saturated heterocycles. The second kappa shape index (κ2) is 9.23. The van der Waals surface area contributed by atoms with Gasteiger partial charge < -0.3 is 21.2 Å². The maximum Gasteiger partial charge on any atom is 0.293 e. The van der Waals surface area contributed by atoms with Gasteiger partial charge in [-0.1, -0.05) is 0 Å². The number of hydrogen-bond acceptors (Lipinski definition) is 9. The van der Waals surface area contributed by atoms with E-state index in [-0.39, 0.29) is 0 Å². The summed E-state index contributed by atoms with van der Waals surface area (Å²) in [5.74, 6) is 1.16. The summed E-state index contributed by atoms with van der Waals surface area (Å²) in [5, 5.41) is 11.8. The number of anilines is 3. The summed E-state index contributed by atoms with van der Waals surface area (Å²) in [4.78, 5) is 24.6. The predicted molar refractivity (Wildman–Crippen MR) is 112 cm³/mol. The number of nitrogens with two attached hydrogens (primary N) is 1. The Balaban J connectivity index is 0.000000403. The van der Waals surface area contributed by atoms with E-state index in [2.05, 4.69) is 25.0 Å². The number of nitrogen functional groups attached to an aromatic ring is 1. The van der Waals surface area contributed by atoms with Gasteiger partial charge in [0.2, 0.25) is 0 Å². The SMILES string of the molecule is CCOC=O.N=Cc1cc(Nc2ncnc3sc4c(c23)CCCC4)cnc1N. The summed E-state index contributed by atoms with van der Waals surface area (Å²) < 4.78 is 4.15. The van der Waals surface area contributed by atoms with Crippen molar-refractivity contribution in [3.63, 3.8) is 0 Å². The Kier molecular flexibility index (Phi) is 6.49. The van der Waals surface area contributed by atoms with Gasteiger partial charge in [-0.3, -0.25) is 4.79 Å². The van der Waals surface area contributed by atoms with Crippen molar-refractivity contribution < 1.29 is 9.53 Å². The van der Waals surface area contributed by atoms with Crippen molar-refractivity contribution in [1.82, 2.24) is 15.0 Å². The largest absolute Gasteiger partial charge is 0.468 e. The van der Waals surface area contributed by atoms with Gasteiger partial charge in [0.05, 0.1) is 23.9 Å². The van der Waals surface area contributed by atoms with Crippen LogP contribution in [0.1, 0.15) is 35.8 Å². The number of fused-ring (bicyclic) bond motifs is 3. The van der Waals surface area contributed by atoms with E-state index >= 15 is 0 Å². The predicted octanol–water partition coefficient (Wildman–Crippen LogP) is 3.47. The fourth-order valence-electron chi connectivity index (χ4n) is 3.07. The average molecular weight is 398 g/mol. The van der Waals surface area contributed by atoms with Crippen LogP contribution in [0, 0.1) is 5.41 Å². The van der Waals surface area contributed by atoms with Crippen LogP contribution >= 0.6 is 11.3 Å². The van der Waals surface area contributed by atoms with Crippen LogP contribution in [0.25, 0.3) is 10.2 Å². The molecule has 0 radical (unpaired) electrons. The molecular weight excluding hydrogens is 376 g/mol. The first kappa shape index (κ1) is 19.7. The normalized spacial score (nSPS) is 12.5. The molecule has 1 aliphatic carbocycles. The van der Waals surface area contributed by atoms with Crippen molar-refractivity contribution in [2.75, 3.05) is 17.7 Å². The second-order valence-electron chi connectivity index (χ2n) is 6.13. The topological polar surface area (TPSA) is 127 Å². The molecule has 1 aliphatic rings. The molecule has 4 rings (SSSR count). The molecule has 0 aliphatic heterocycles. The number of carbonyl (C=O) groups is 1. The van der Waals surface area contributed by atoms with Crippen LogP contribution in [0.2, 0.25) is 0 Å². The summed E-state index contributed by atoms with van der Waals surface area (Å²) in [5.41, 5.74) is 8.49. The van der Waals surface area contributed by atoms with Gasteiger partial charge in [-0.05, 0) is 44.2 Å². The zero-order valence-corrected chi connectivity index (χ0v) is 16.4. The lowest BCUT2D eigenvalue weighted by molar-refractivity contribution is -0.128. The maximum absolute atomic E-state index is 9.18. The van der Waals surface area contributed by atoms with Gasteiger partial charge in [-0.15, -0.1) is 11.3 Å². The highest BCUT2D eigenvalue weighted by molar-refractivity contribution is 7.19. The van der Waals surface area contributed by atoms with Gasteiger partial charge in [0.15, 0.2) is 0 Å². The van der Waals surface area contributed by atoms with Gasteiger partial charge in [0, 0.05) is 16.7 Å². The summed E-state index contributed by atoms with van der Waals surface area (Å²) in [7, 11) is 0. The Morgan fingerprint density at radius 1 is 1.32 bits per heavy atom. The number of hydrogen-bond donors (Lipinski definition) is 3. The third-order valence-electron chi connectivity index (χ3n) is 4.35. The first-order chi connectivity index (χ1) is 13.7. The maximum atomic E-state index is 9.18. The third kappa shape index (κ3) is 4.25. The number of aromatic nitrogens is 3. The van der Waals surface area contributed by atoms with Gasteiger partial charge in [-0.2, -0.15) is 0 Å². The van der Waals surface area contributed by atoms with Crippen molar-refractivity contribution in [3.05, 3.63) is 34.6 Å². The molecule has 0 aromatic carbocycles. The fraction of sp³-hybridized carbons (Fsp3) is 0.316. The van der Waals surface area contributed by atoms with Crippen LogP contribution in [0.15, 0.2) is 18.6 Å². The summed E-state index contributed by atoms with van der Waals surface area (Å²) in [6, 6.07) is 1.81. The third-order valence-corrected chi connectivity index (χ3v) is 5.55. The van der Waals surface area contributed by atoms with Crippen LogP contribution in [-0.4, -0.2) is 34.2 Å². The minimum atomic E-state index is 0.353. The van der Waals surface area contributed by atoms with Crippen molar-refractivity contribution in [3.8, 4) is 0 Å². The Hall–Kier alpha value is -3.07. The van der Waals surface area contributed by atoms with Crippen LogP contribution in [0.5, 0.6) is 0 Å². The molecule has 9 heteroatoms. The van der Waals surface area contributed by atoms with E-state index in [9.17, 15) is 4.79 Å². The Bertz CT molecular complexity index is 988. The number of rotatable bonds is 5. The highest BCUT2D eigenvalue weighted by Crippen LogP contribution is 2.38. The van der Waals surface area contributed by atoms with Crippen LogP contribution in [0.3, 0.4) is 0 Å². The van der Waals surface area contributed by atoms with E-state index < -0.39 is 0 Å². The molecular formula is C19H22N6O2S. The highest BCUT2D eigenvalue weighted by atomic mass is 32.1. The van der Waals surface area contributed by atoms with Gasteiger partial charge >= 0.3 is 0 Å². The Morgan fingerprint density at radius 3 is 2.86 bits per heavy atom. The zero-order valence-electron chi connectivity index (χ0n) is 15.6. The molecule has 8 nitrogen and oxygen atoms in total. The minimum absolute atomic E-state index is 0.353. The van der Waals surface area contributed by atoms with E-state index in [4.69, 9.17) is 11.1 Å². The molecule has 28 heavy (non-hydrogen) atoms. The number of ether oxygens (including phenoxy) is 1. The van der Waals surface area contributed by atoms with Gasteiger partial charge in [-0.25, -0.2) is 15.0 Å². The lowest BCUT2D eigenvalue weighted by Gasteiger charge is -2.12. The molecule has 0 saturated carbocycles.